The minimum absolute atomic E-state index is 0.0754. The molecule has 2 N–H and O–H groups in total. The number of pyridine rings is 1. The van der Waals surface area contributed by atoms with Crippen LogP contribution in [0.5, 0.6) is 0 Å². The van der Waals surface area contributed by atoms with Gasteiger partial charge in [-0.2, -0.15) is 0 Å². The molecule has 7 heteroatoms. The van der Waals surface area contributed by atoms with E-state index in [0.29, 0.717) is 35.9 Å². The number of unbranched alkanes of at least 4 members (excludes halogenated alkanes) is 1. The second kappa shape index (κ2) is 7.93. The number of carbonyl (C=O) groups is 2. The molecule has 0 saturated carbocycles. The van der Waals surface area contributed by atoms with Crippen molar-refractivity contribution in [1.82, 2.24) is 9.88 Å². The van der Waals surface area contributed by atoms with Crippen molar-refractivity contribution in [3.05, 3.63) is 40.3 Å². The Bertz CT molecular complexity index is 930. The minimum atomic E-state index is -1.26. The van der Waals surface area contributed by atoms with Crippen molar-refractivity contribution in [2.45, 2.75) is 51.6 Å². The molecule has 2 aromatic rings. The molecule has 1 aliphatic heterocycles. The third-order valence-corrected chi connectivity index (χ3v) is 5.53. The number of carbonyl (C=O) groups excluding carboxylic acids is 2. The summed E-state index contributed by atoms with van der Waals surface area (Å²) in [6, 6.07) is 3.12. The molecule has 1 aromatic heterocycles. The highest BCUT2D eigenvalue weighted by Gasteiger charge is 2.46. The maximum atomic E-state index is 14.2. The van der Waals surface area contributed by atoms with E-state index in [-0.39, 0.29) is 37.9 Å². The van der Waals surface area contributed by atoms with Crippen molar-refractivity contribution >= 4 is 23.1 Å². The van der Waals surface area contributed by atoms with Crippen LogP contribution in [0.4, 0.5) is 4.39 Å². The van der Waals surface area contributed by atoms with Gasteiger partial charge in [-0.25, -0.2) is 9.37 Å². The molecule has 1 aliphatic rings. The molecule has 0 fully saturated rings. The summed E-state index contributed by atoms with van der Waals surface area (Å²) in [6.07, 6.45) is 2.58. The number of aromatic nitrogens is 1. The van der Waals surface area contributed by atoms with Crippen molar-refractivity contribution in [3.8, 4) is 0 Å². The highest BCUT2D eigenvalue weighted by atomic mass is 19.1. The van der Waals surface area contributed by atoms with Crippen LogP contribution in [0.1, 0.15) is 48.6 Å². The van der Waals surface area contributed by atoms with Crippen LogP contribution in [0.15, 0.2) is 12.1 Å². The zero-order valence-electron chi connectivity index (χ0n) is 16.2. The molecule has 0 radical (unpaired) electrons. The predicted octanol–water partition coefficient (Wildman–Crippen LogP) is 2.14. The summed E-state index contributed by atoms with van der Waals surface area (Å²) < 4.78 is 14.2. The highest BCUT2D eigenvalue weighted by Crippen LogP contribution is 2.41. The Hall–Kier alpha value is -2.38. The lowest BCUT2D eigenvalue weighted by Crippen LogP contribution is -2.44. The zero-order valence-corrected chi connectivity index (χ0v) is 16.2. The van der Waals surface area contributed by atoms with Gasteiger partial charge in [0.15, 0.2) is 6.29 Å². The molecule has 0 saturated heterocycles. The van der Waals surface area contributed by atoms with Crippen LogP contribution in [-0.2, 0) is 28.1 Å². The van der Waals surface area contributed by atoms with Gasteiger partial charge in [0.1, 0.15) is 11.4 Å². The van der Waals surface area contributed by atoms with Gasteiger partial charge in [-0.15, -0.1) is 0 Å². The smallest absolute Gasteiger partial charge is 0.226 e. The summed E-state index contributed by atoms with van der Waals surface area (Å²) in [5.74, 6) is -0.705. The molecular formula is C21H25FN2O4. The number of aliphatic hydroxyl groups is 2. The lowest BCUT2D eigenvalue weighted by molar-refractivity contribution is -0.142. The molecule has 2 heterocycles. The Kier molecular flexibility index (Phi) is 5.76. The monoisotopic (exact) mass is 388 g/mol. The largest absolute Gasteiger partial charge is 0.396 e. The van der Waals surface area contributed by atoms with Gasteiger partial charge in [0.05, 0.1) is 17.8 Å². The van der Waals surface area contributed by atoms with Gasteiger partial charge >= 0.3 is 0 Å². The van der Waals surface area contributed by atoms with Gasteiger partial charge in [0.25, 0.3) is 0 Å². The number of halogens is 1. The lowest BCUT2D eigenvalue weighted by Gasteiger charge is -2.30. The first-order valence-electron chi connectivity index (χ1n) is 9.48. The number of aldehydes is 1. The Morgan fingerprint density at radius 1 is 1.32 bits per heavy atom. The Balaban J connectivity index is 2.23. The quantitative estimate of drug-likeness (QED) is 0.560. The molecule has 0 spiro atoms. The topological polar surface area (TPSA) is 90.7 Å². The van der Waals surface area contributed by atoms with E-state index < -0.39 is 5.54 Å². The van der Waals surface area contributed by atoms with Crippen LogP contribution in [0.25, 0.3) is 10.9 Å². The van der Waals surface area contributed by atoms with Gasteiger partial charge in [0.2, 0.25) is 5.91 Å². The van der Waals surface area contributed by atoms with Crippen molar-refractivity contribution in [2.75, 3.05) is 13.2 Å². The van der Waals surface area contributed by atoms with Crippen LogP contribution in [0.3, 0.4) is 0 Å². The van der Waals surface area contributed by atoms with Gasteiger partial charge in [0, 0.05) is 31.0 Å². The highest BCUT2D eigenvalue weighted by molar-refractivity contribution is 5.89. The van der Waals surface area contributed by atoms with E-state index in [0.717, 1.165) is 22.9 Å². The number of fused-ring (bicyclic) bond motifs is 2. The van der Waals surface area contributed by atoms with Gasteiger partial charge < -0.3 is 19.9 Å². The van der Waals surface area contributed by atoms with Crippen LogP contribution >= 0.6 is 0 Å². The summed E-state index contributed by atoms with van der Waals surface area (Å²) in [6.45, 7) is 3.31. The fraction of sp³-hybridized carbons (Fsp3) is 0.476. The summed E-state index contributed by atoms with van der Waals surface area (Å²) in [5.41, 5.74) is 1.89. The van der Waals surface area contributed by atoms with Crippen LogP contribution in [-0.4, -0.2) is 45.5 Å². The fourth-order valence-corrected chi connectivity index (χ4v) is 3.93. The van der Waals surface area contributed by atoms with E-state index in [2.05, 4.69) is 4.98 Å². The molecule has 150 valence electrons. The van der Waals surface area contributed by atoms with Crippen LogP contribution in [0, 0.1) is 12.7 Å². The number of amides is 1. The van der Waals surface area contributed by atoms with E-state index in [9.17, 15) is 14.0 Å². The van der Waals surface area contributed by atoms with Crippen molar-refractivity contribution in [3.63, 3.8) is 0 Å². The summed E-state index contributed by atoms with van der Waals surface area (Å²) >= 11 is 0. The summed E-state index contributed by atoms with van der Waals surface area (Å²) in [4.78, 5) is 30.6. The van der Waals surface area contributed by atoms with E-state index in [1.807, 2.05) is 0 Å². The van der Waals surface area contributed by atoms with Gasteiger partial charge in [-0.1, -0.05) is 0 Å². The average molecular weight is 388 g/mol. The third-order valence-electron chi connectivity index (χ3n) is 5.53. The van der Waals surface area contributed by atoms with Gasteiger partial charge in [-0.3, -0.25) is 4.79 Å². The first-order valence-corrected chi connectivity index (χ1v) is 9.48. The number of nitrogens with zero attached hydrogens (tertiary/aromatic N) is 2. The second-order valence-corrected chi connectivity index (χ2v) is 7.44. The number of rotatable bonds is 7. The Labute approximate surface area is 163 Å². The number of hydrogen-bond donors (Lipinski definition) is 2. The first-order chi connectivity index (χ1) is 13.4. The summed E-state index contributed by atoms with van der Waals surface area (Å²) in [5, 5.41) is 19.1. The number of aryl methyl sites for hydroxylation is 2. The first kappa shape index (κ1) is 20.4. The molecule has 3 rings (SSSR count). The molecule has 28 heavy (non-hydrogen) atoms. The van der Waals surface area contributed by atoms with Crippen molar-refractivity contribution in [1.29, 1.82) is 0 Å². The van der Waals surface area contributed by atoms with Crippen molar-refractivity contribution < 1.29 is 24.2 Å². The third kappa shape index (κ3) is 3.29. The zero-order chi connectivity index (χ0) is 20.5. The van der Waals surface area contributed by atoms with E-state index in [1.165, 1.54) is 11.0 Å². The molecule has 0 bridgehead atoms. The maximum absolute atomic E-state index is 14.2. The standard InChI is InChI=1S/C21H25FN2O4/c1-13-9-15-14(5-3-4-7-25)16-11-24(19(28)6-8-26)21(2,12-27)20(16)23-18(15)10-17(13)22/h9-10,12,25-26H,3-8,11H2,1-2H3/t21-/m1/s1. The number of benzene rings is 1. The SMILES string of the molecule is Cc1cc2c(CCCCO)c3c(nc2cc1F)[C@@](C)(C=O)N(C(=O)CCO)C3. The lowest BCUT2D eigenvalue weighted by atomic mass is 9.91. The van der Waals surface area contributed by atoms with E-state index >= 15 is 0 Å². The van der Waals surface area contributed by atoms with Gasteiger partial charge in [-0.05, 0) is 55.9 Å². The molecule has 0 aliphatic carbocycles. The molecule has 1 atom stereocenters. The van der Waals surface area contributed by atoms with Crippen LogP contribution < -0.4 is 0 Å². The molecule has 1 aromatic carbocycles. The van der Waals surface area contributed by atoms with Crippen LogP contribution in [0.2, 0.25) is 0 Å². The van der Waals surface area contributed by atoms with Crippen molar-refractivity contribution in [2.24, 2.45) is 0 Å². The van der Waals surface area contributed by atoms with E-state index in [1.54, 1.807) is 19.9 Å². The Morgan fingerprint density at radius 2 is 2.07 bits per heavy atom. The normalized spacial score (nSPS) is 18.5. The molecule has 6 nitrogen and oxygen atoms in total. The molecule has 0 unspecified atom stereocenters. The maximum Gasteiger partial charge on any atom is 0.226 e. The second-order valence-electron chi connectivity index (χ2n) is 7.44. The fourth-order valence-electron chi connectivity index (χ4n) is 3.93. The van der Waals surface area contributed by atoms with E-state index in [4.69, 9.17) is 10.2 Å². The average Bonchev–Trinajstić information content (AvgIpc) is 2.96. The number of aliphatic hydroxyl groups excluding tert-OH is 2. The predicted molar refractivity (Wildman–Crippen MR) is 102 cm³/mol. The Morgan fingerprint density at radius 3 is 2.71 bits per heavy atom. The molecule has 1 amide bonds. The minimum Gasteiger partial charge on any atom is -0.396 e. The molecular weight excluding hydrogens is 363 g/mol. The summed E-state index contributed by atoms with van der Waals surface area (Å²) in [7, 11) is 0. The number of hydrogen-bond acceptors (Lipinski definition) is 5.